The van der Waals surface area contributed by atoms with Crippen LogP contribution in [-0.2, 0) is 4.79 Å². The molecule has 1 heterocycles. The molecule has 1 unspecified atom stereocenters. The zero-order valence-electron chi connectivity index (χ0n) is 11.4. The van der Waals surface area contributed by atoms with Gasteiger partial charge in [-0.2, -0.15) is 0 Å². The van der Waals surface area contributed by atoms with Crippen LogP contribution in [0, 0.1) is 5.92 Å². The number of thioether (sulfide) groups is 1. The normalized spacial score (nSPS) is 12.2. The summed E-state index contributed by atoms with van der Waals surface area (Å²) in [5.41, 5.74) is 0.138. The van der Waals surface area contributed by atoms with Crippen LogP contribution in [0.15, 0.2) is 15.8 Å². The Morgan fingerprint density at radius 3 is 2.65 bits per heavy atom. The van der Waals surface area contributed by atoms with Gasteiger partial charge in [-0.15, -0.1) is 0 Å². The monoisotopic (exact) mass is 361 g/mol. The highest BCUT2D eigenvalue weighted by Crippen LogP contribution is 2.17. The predicted octanol–water partition coefficient (Wildman–Crippen LogP) is 2.19. The molecule has 110 valence electrons. The molecule has 0 bridgehead atoms. The number of hydrogen-bond acceptors (Lipinski definition) is 5. The number of aliphatic carboxylic acids is 1. The molecule has 0 spiro atoms. The minimum Gasteiger partial charge on any atom is -0.480 e. The predicted molar refractivity (Wildman–Crippen MR) is 79.9 cm³/mol. The second-order valence-corrected chi connectivity index (χ2v) is 6.17. The van der Waals surface area contributed by atoms with Crippen LogP contribution in [0.2, 0.25) is 0 Å². The van der Waals surface area contributed by atoms with Gasteiger partial charge in [-0.3, -0.25) is 4.79 Å². The van der Waals surface area contributed by atoms with Crippen LogP contribution in [0.3, 0.4) is 0 Å². The summed E-state index contributed by atoms with van der Waals surface area (Å²) in [7, 11) is 0. The lowest BCUT2D eigenvalue weighted by molar-refractivity contribution is -0.139. The van der Waals surface area contributed by atoms with Crippen molar-refractivity contribution in [2.75, 3.05) is 6.26 Å². The molecule has 6 nitrogen and oxygen atoms in total. The van der Waals surface area contributed by atoms with Crippen molar-refractivity contribution >= 4 is 39.6 Å². The van der Waals surface area contributed by atoms with Gasteiger partial charge in [0.25, 0.3) is 5.91 Å². The van der Waals surface area contributed by atoms with Crippen molar-refractivity contribution in [2.45, 2.75) is 31.5 Å². The topological polar surface area (TPSA) is 92.2 Å². The third kappa shape index (κ3) is 4.75. The summed E-state index contributed by atoms with van der Waals surface area (Å²) in [5.74, 6) is -1.42. The molecule has 1 amide bonds. The zero-order valence-corrected chi connectivity index (χ0v) is 13.8. The number of amides is 1. The zero-order chi connectivity index (χ0) is 15.3. The highest BCUT2D eigenvalue weighted by atomic mass is 79.9. The molecule has 1 atom stereocenters. The summed E-state index contributed by atoms with van der Waals surface area (Å²) in [6.07, 6.45) is 3.63. The van der Waals surface area contributed by atoms with Gasteiger partial charge in [0.15, 0.2) is 5.16 Å². The van der Waals surface area contributed by atoms with E-state index in [0.29, 0.717) is 16.0 Å². The summed E-state index contributed by atoms with van der Waals surface area (Å²) in [6, 6.07) is -0.929. The van der Waals surface area contributed by atoms with Gasteiger partial charge < -0.3 is 10.4 Å². The van der Waals surface area contributed by atoms with Crippen molar-refractivity contribution in [3.05, 3.63) is 16.4 Å². The Bertz CT molecular complexity index is 511. The van der Waals surface area contributed by atoms with Gasteiger partial charge in [0, 0.05) is 6.20 Å². The average Bonchev–Trinajstić information content (AvgIpc) is 2.37. The first-order valence-electron chi connectivity index (χ1n) is 5.95. The number of carbonyl (C=O) groups is 2. The molecule has 0 fully saturated rings. The number of carboxylic acids is 1. The Labute approximate surface area is 129 Å². The Kier molecular flexibility index (Phi) is 6.41. The van der Waals surface area contributed by atoms with Crippen molar-refractivity contribution in [1.82, 2.24) is 15.3 Å². The van der Waals surface area contributed by atoms with Crippen LogP contribution >= 0.6 is 27.7 Å². The van der Waals surface area contributed by atoms with Crippen LogP contribution in [0.1, 0.15) is 30.8 Å². The number of nitrogens with one attached hydrogen (secondary N) is 1. The van der Waals surface area contributed by atoms with Gasteiger partial charge in [-0.25, -0.2) is 14.8 Å². The number of rotatable bonds is 6. The van der Waals surface area contributed by atoms with Crippen LogP contribution in [0.25, 0.3) is 0 Å². The number of hydrogen-bond donors (Lipinski definition) is 2. The van der Waals surface area contributed by atoms with E-state index in [1.165, 1.54) is 18.0 Å². The third-order valence-corrected chi connectivity index (χ3v) is 3.57. The van der Waals surface area contributed by atoms with Gasteiger partial charge in [-0.05, 0) is 34.5 Å². The average molecular weight is 362 g/mol. The van der Waals surface area contributed by atoms with E-state index in [9.17, 15) is 9.59 Å². The van der Waals surface area contributed by atoms with E-state index in [2.05, 4.69) is 31.2 Å². The summed E-state index contributed by atoms with van der Waals surface area (Å²) in [6.45, 7) is 3.79. The fraction of sp³-hybridized carbons (Fsp3) is 0.500. The largest absolute Gasteiger partial charge is 0.480 e. The maximum atomic E-state index is 12.1. The molecule has 1 rings (SSSR count). The van der Waals surface area contributed by atoms with Gasteiger partial charge >= 0.3 is 5.97 Å². The van der Waals surface area contributed by atoms with Gasteiger partial charge in [0.1, 0.15) is 11.7 Å². The maximum absolute atomic E-state index is 12.1. The van der Waals surface area contributed by atoms with Crippen molar-refractivity contribution in [3.63, 3.8) is 0 Å². The van der Waals surface area contributed by atoms with Crippen molar-refractivity contribution in [2.24, 2.45) is 5.92 Å². The van der Waals surface area contributed by atoms with E-state index in [-0.39, 0.29) is 11.6 Å². The second-order valence-electron chi connectivity index (χ2n) is 4.55. The molecule has 0 aliphatic heterocycles. The SMILES string of the molecule is CSc1ncc(Br)c(C(=O)NC(CC(C)C)C(=O)O)n1. The Balaban J connectivity index is 2.91. The Morgan fingerprint density at radius 2 is 2.15 bits per heavy atom. The summed E-state index contributed by atoms with van der Waals surface area (Å²) in [5, 5.41) is 12.1. The third-order valence-electron chi connectivity index (χ3n) is 2.43. The minimum atomic E-state index is -1.05. The molecule has 0 aromatic carbocycles. The lowest BCUT2D eigenvalue weighted by atomic mass is 10.0. The number of nitrogens with zero attached hydrogens (tertiary/aromatic N) is 2. The van der Waals surface area contributed by atoms with Crippen molar-refractivity contribution in [1.29, 1.82) is 0 Å². The first kappa shape index (κ1) is 16.9. The van der Waals surface area contributed by atoms with E-state index in [1.807, 2.05) is 13.8 Å². The van der Waals surface area contributed by atoms with Crippen molar-refractivity contribution in [3.8, 4) is 0 Å². The number of carbonyl (C=O) groups excluding carboxylic acids is 1. The molecule has 20 heavy (non-hydrogen) atoms. The molecular weight excluding hydrogens is 346 g/mol. The number of aromatic nitrogens is 2. The van der Waals surface area contributed by atoms with E-state index in [1.54, 1.807) is 6.26 Å². The van der Waals surface area contributed by atoms with E-state index in [0.717, 1.165) is 0 Å². The minimum absolute atomic E-state index is 0.138. The maximum Gasteiger partial charge on any atom is 0.326 e. The van der Waals surface area contributed by atoms with Crippen LogP contribution in [-0.4, -0.2) is 39.2 Å². The highest BCUT2D eigenvalue weighted by Gasteiger charge is 2.23. The molecule has 2 N–H and O–H groups in total. The standard InChI is InChI=1S/C12H16BrN3O3S/c1-6(2)4-8(11(18)19)15-10(17)9-7(13)5-14-12(16-9)20-3/h5-6,8H,4H2,1-3H3,(H,15,17)(H,18,19). The molecule has 0 aliphatic carbocycles. The van der Waals surface area contributed by atoms with E-state index >= 15 is 0 Å². The Hall–Kier alpha value is -1.15. The fourth-order valence-corrected chi connectivity index (χ4v) is 2.24. The molecule has 1 aromatic heterocycles. The summed E-state index contributed by atoms with van der Waals surface area (Å²) in [4.78, 5) is 31.4. The second kappa shape index (κ2) is 7.58. The Morgan fingerprint density at radius 1 is 1.50 bits per heavy atom. The van der Waals surface area contributed by atoms with Gasteiger partial charge in [0.2, 0.25) is 0 Å². The molecular formula is C12H16BrN3O3S. The number of halogens is 1. The summed E-state index contributed by atoms with van der Waals surface area (Å²) < 4.78 is 0.432. The van der Waals surface area contributed by atoms with Crippen molar-refractivity contribution < 1.29 is 14.7 Å². The molecule has 0 saturated carbocycles. The quantitative estimate of drug-likeness (QED) is 0.595. The van der Waals surface area contributed by atoms with Gasteiger partial charge in [0.05, 0.1) is 4.47 Å². The summed E-state index contributed by atoms with van der Waals surface area (Å²) >= 11 is 4.50. The lowest BCUT2D eigenvalue weighted by Gasteiger charge is -2.16. The van der Waals surface area contributed by atoms with E-state index in [4.69, 9.17) is 5.11 Å². The molecule has 8 heteroatoms. The smallest absolute Gasteiger partial charge is 0.326 e. The first-order valence-corrected chi connectivity index (χ1v) is 7.97. The van der Waals surface area contributed by atoms with Crippen LogP contribution in [0.4, 0.5) is 0 Å². The molecule has 1 aromatic rings. The fourth-order valence-electron chi connectivity index (χ4n) is 1.53. The molecule has 0 saturated heterocycles. The highest BCUT2D eigenvalue weighted by molar-refractivity contribution is 9.10. The lowest BCUT2D eigenvalue weighted by Crippen LogP contribution is -2.42. The molecule has 0 aliphatic rings. The van der Waals surface area contributed by atoms with E-state index < -0.39 is 17.9 Å². The van der Waals surface area contributed by atoms with Crippen LogP contribution in [0.5, 0.6) is 0 Å². The molecule has 0 radical (unpaired) electrons. The van der Waals surface area contributed by atoms with Crippen LogP contribution < -0.4 is 5.32 Å². The number of carboxylic acid groups (broad SMARTS) is 1. The van der Waals surface area contributed by atoms with Gasteiger partial charge in [-0.1, -0.05) is 25.6 Å². The first-order chi connectivity index (χ1) is 9.35.